The minimum Gasteiger partial charge on any atom is -0.322 e. The molecule has 0 fully saturated rings. The Morgan fingerprint density at radius 2 is 1.62 bits per heavy atom. The van der Waals surface area contributed by atoms with E-state index in [9.17, 15) is 4.79 Å². The van der Waals surface area contributed by atoms with Gasteiger partial charge < -0.3 is 10.5 Å². The first-order valence-corrected chi connectivity index (χ1v) is 5.37. The Bertz CT molecular complexity index is 123. The summed E-state index contributed by atoms with van der Waals surface area (Å²) in [6.07, 6.45) is 7.92. The summed E-state index contributed by atoms with van der Waals surface area (Å²) >= 11 is 0. The van der Waals surface area contributed by atoms with E-state index in [0.29, 0.717) is 0 Å². The van der Waals surface area contributed by atoms with Crippen molar-refractivity contribution in [2.24, 2.45) is 11.7 Å². The van der Waals surface area contributed by atoms with Crippen LogP contribution in [0, 0.1) is 5.92 Å². The van der Waals surface area contributed by atoms with Crippen molar-refractivity contribution < 1.29 is 4.79 Å². The molecule has 0 aliphatic heterocycles. The maximum Gasteiger partial charge on any atom is 0.136 e. The van der Waals surface area contributed by atoms with E-state index in [2.05, 4.69) is 13.8 Å². The Balaban J connectivity index is 3.03. The second-order valence-corrected chi connectivity index (χ2v) is 4.19. The van der Waals surface area contributed by atoms with Crippen LogP contribution in [0.4, 0.5) is 0 Å². The van der Waals surface area contributed by atoms with Gasteiger partial charge in [0, 0.05) is 0 Å². The van der Waals surface area contributed by atoms with E-state index in [0.717, 1.165) is 25.0 Å². The Morgan fingerprint density at radius 1 is 1.08 bits per heavy atom. The van der Waals surface area contributed by atoms with Crippen LogP contribution in [0.5, 0.6) is 0 Å². The zero-order valence-corrected chi connectivity index (χ0v) is 8.96. The number of nitrogens with two attached hydrogens (primary N) is 1. The Hall–Kier alpha value is -0.370. The minimum absolute atomic E-state index is 0.231. The lowest BCUT2D eigenvalue weighted by Crippen LogP contribution is -2.20. The van der Waals surface area contributed by atoms with E-state index in [-0.39, 0.29) is 6.04 Å². The van der Waals surface area contributed by atoms with E-state index in [4.69, 9.17) is 5.73 Å². The van der Waals surface area contributed by atoms with Crippen LogP contribution in [0.15, 0.2) is 0 Å². The summed E-state index contributed by atoms with van der Waals surface area (Å²) in [7, 11) is 0. The smallest absolute Gasteiger partial charge is 0.136 e. The van der Waals surface area contributed by atoms with Gasteiger partial charge in [0.25, 0.3) is 0 Å². The van der Waals surface area contributed by atoms with Gasteiger partial charge in [0.15, 0.2) is 0 Å². The van der Waals surface area contributed by atoms with Crippen molar-refractivity contribution >= 4 is 6.29 Å². The van der Waals surface area contributed by atoms with Crippen molar-refractivity contribution in [3.8, 4) is 0 Å². The third-order valence-electron chi connectivity index (χ3n) is 2.24. The van der Waals surface area contributed by atoms with Gasteiger partial charge in [-0.1, -0.05) is 46.0 Å². The summed E-state index contributed by atoms with van der Waals surface area (Å²) in [6.45, 7) is 4.50. The molecule has 0 aliphatic carbocycles. The Labute approximate surface area is 81.9 Å². The van der Waals surface area contributed by atoms with Gasteiger partial charge >= 0.3 is 0 Å². The highest BCUT2D eigenvalue weighted by molar-refractivity contribution is 5.56. The zero-order chi connectivity index (χ0) is 10.1. The fraction of sp³-hybridized carbons (Fsp3) is 0.909. The summed E-state index contributed by atoms with van der Waals surface area (Å²) < 4.78 is 0. The van der Waals surface area contributed by atoms with Crippen LogP contribution in [0.2, 0.25) is 0 Å². The SMILES string of the molecule is CC(C)CCCCCCC(N)C=O. The molecule has 0 saturated heterocycles. The highest BCUT2D eigenvalue weighted by atomic mass is 16.1. The number of carbonyl (C=O) groups excluding carboxylic acids is 1. The summed E-state index contributed by atoms with van der Waals surface area (Å²) in [5.41, 5.74) is 5.47. The maximum atomic E-state index is 10.2. The molecule has 0 radical (unpaired) electrons. The van der Waals surface area contributed by atoms with E-state index >= 15 is 0 Å². The molecule has 0 aromatic rings. The van der Waals surface area contributed by atoms with Gasteiger partial charge in [-0.05, 0) is 12.3 Å². The first-order chi connectivity index (χ1) is 6.16. The van der Waals surface area contributed by atoms with Gasteiger partial charge in [0.2, 0.25) is 0 Å². The molecule has 0 amide bonds. The third-order valence-corrected chi connectivity index (χ3v) is 2.24. The monoisotopic (exact) mass is 185 g/mol. The van der Waals surface area contributed by atoms with Crippen LogP contribution in [0.25, 0.3) is 0 Å². The van der Waals surface area contributed by atoms with Crippen LogP contribution < -0.4 is 5.73 Å². The van der Waals surface area contributed by atoms with Crippen LogP contribution in [0.3, 0.4) is 0 Å². The number of carbonyl (C=O) groups is 1. The van der Waals surface area contributed by atoms with Gasteiger partial charge in [0.05, 0.1) is 6.04 Å². The van der Waals surface area contributed by atoms with Crippen molar-refractivity contribution in [1.82, 2.24) is 0 Å². The first-order valence-electron chi connectivity index (χ1n) is 5.37. The van der Waals surface area contributed by atoms with Gasteiger partial charge in [-0.25, -0.2) is 0 Å². The van der Waals surface area contributed by atoms with Crippen LogP contribution in [-0.4, -0.2) is 12.3 Å². The van der Waals surface area contributed by atoms with E-state index in [1.165, 1.54) is 25.7 Å². The molecule has 0 aromatic heterocycles. The molecular formula is C11H23NO. The molecule has 2 nitrogen and oxygen atoms in total. The van der Waals surface area contributed by atoms with Crippen molar-refractivity contribution in [3.63, 3.8) is 0 Å². The molecule has 13 heavy (non-hydrogen) atoms. The summed E-state index contributed by atoms with van der Waals surface area (Å²) in [5.74, 6) is 0.817. The highest BCUT2D eigenvalue weighted by Crippen LogP contribution is 2.10. The van der Waals surface area contributed by atoms with E-state index in [1.54, 1.807) is 0 Å². The quantitative estimate of drug-likeness (QED) is 0.466. The molecule has 0 aliphatic rings. The summed E-state index contributed by atoms with van der Waals surface area (Å²) in [6, 6.07) is -0.231. The van der Waals surface area contributed by atoms with Crippen LogP contribution >= 0.6 is 0 Å². The zero-order valence-electron chi connectivity index (χ0n) is 8.96. The fourth-order valence-electron chi connectivity index (χ4n) is 1.35. The average Bonchev–Trinajstić information content (AvgIpc) is 2.10. The summed E-state index contributed by atoms with van der Waals surface area (Å²) in [4.78, 5) is 10.2. The average molecular weight is 185 g/mol. The first kappa shape index (κ1) is 12.6. The van der Waals surface area contributed by atoms with E-state index in [1.807, 2.05) is 0 Å². The van der Waals surface area contributed by atoms with Gasteiger partial charge in [-0.2, -0.15) is 0 Å². The molecule has 0 bridgehead atoms. The van der Waals surface area contributed by atoms with Gasteiger partial charge in [-0.15, -0.1) is 0 Å². The second kappa shape index (κ2) is 8.24. The summed E-state index contributed by atoms with van der Waals surface area (Å²) in [5, 5.41) is 0. The molecule has 78 valence electrons. The van der Waals surface area contributed by atoms with Crippen molar-refractivity contribution in [2.45, 2.75) is 58.4 Å². The normalized spacial score (nSPS) is 13.2. The number of rotatable bonds is 8. The molecule has 2 heteroatoms. The van der Waals surface area contributed by atoms with Crippen molar-refractivity contribution in [1.29, 1.82) is 0 Å². The lowest BCUT2D eigenvalue weighted by Gasteiger charge is -2.05. The highest BCUT2D eigenvalue weighted by Gasteiger charge is 1.99. The number of unbranched alkanes of at least 4 members (excludes halogenated alkanes) is 3. The van der Waals surface area contributed by atoms with Gasteiger partial charge in [-0.3, -0.25) is 0 Å². The Kier molecular flexibility index (Phi) is 8.00. The molecule has 2 N–H and O–H groups in total. The van der Waals surface area contributed by atoms with Crippen molar-refractivity contribution in [2.75, 3.05) is 0 Å². The minimum atomic E-state index is -0.231. The van der Waals surface area contributed by atoms with Crippen LogP contribution in [0.1, 0.15) is 52.4 Å². The molecule has 0 spiro atoms. The standard InChI is InChI=1S/C11H23NO/c1-10(2)7-5-3-4-6-8-11(12)9-13/h9-11H,3-8,12H2,1-2H3. The number of aldehydes is 1. The van der Waals surface area contributed by atoms with Crippen molar-refractivity contribution in [3.05, 3.63) is 0 Å². The molecule has 0 rings (SSSR count). The molecule has 1 atom stereocenters. The third kappa shape index (κ3) is 9.54. The lowest BCUT2D eigenvalue weighted by atomic mass is 10.0. The Morgan fingerprint density at radius 3 is 2.08 bits per heavy atom. The predicted octanol–water partition coefficient (Wildman–Crippen LogP) is 2.51. The molecule has 0 heterocycles. The maximum absolute atomic E-state index is 10.2. The largest absolute Gasteiger partial charge is 0.322 e. The van der Waals surface area contributed by atoms with E-state index < -0.39 is 0 Å². The molecule has 0 aromatic carbocycles. The number of hydrogen-bond acceptors (Lipinski definition) is 2. The number of hydrogen-bond donors (Lipinski definition) is 1. The topological polar surface area (TPSA) is 43.1 Å². The lowest BCUT2D eigenvalue weighted by molar-refractivity contribution is -0.109. The molecule has 1 unspecified atom stereocenters. The molecular weight excluding hydrogens is 162 g/mol. The second-order valence-electron chi connectivity index (χ2n) is 4.19. The fourth-order valence-corrected chi connectivity index (χ4v) is 1.35. The van der Waals surface area contributed by atoms with Crippen LogP contribution in [-0.2, 0) is 4.79 Å². The van der Waals surface area contributed by atoms with Gasteiger partial charge in [0.1, 0.15) is 6.29 Å². The predicted molar refractivity (Wildman–Crippen MR) is 56.6 cm³/mol. The molecule has 0 saturated carbocycles.